The number of anilines is 3. The Balaban J connectivity index is 1.47. The van der Waals surface area contributed by atoms with Gasteiger partial charge in [-0.15, -0.1) is 0 Å². The number of benzene rings is 6. The molecule has 0 amide bonds. The average molecular weight is 492 g/mol. The highest BCUT2D eigenvalue weighted by Crippen LogP contribution is 2.44. The van der Waals surface area contributed by atoms with E-state index in [4.69, 9.17) is 0 Å². The standard InChI is InChI=1S/C32H18FN5/c33-25-9-3-19-2-8-24-30(12-4-20-1-7-23(25)31(19)32(20)24)38(21-5-10-26-28(17-21)36-15-13-34-26)22-6-11-27-29(18-22)37-16-14-35-27/h1-18H. The topological polar surface area (TPSA) is 54.8 Å². The van der Waals surface area contributed by atoms with Crippen LogP contribution in [-0.4, -0.2) is 19.9 Å². The normalized spacial score (nSPS) is 11.8. The van der Waals surface area contributed by atoms with E-state index in [0.717, 1.165) is 66.1 Å². The molecule has 0 aliphatic rings. The van der Waals surface area contributed by atoms with Crippen LogP contribution in [-0.2, 0) is 0 Å². The Morgan fingerprint density at radius 2 is 0.974 bits per heavy atom. The summed E-state index contributed by atoms with van der Waals surface area (Å²) in [4.78, 5) is 20.2. The third kappa shape index (κ3) is 3.04. The summed E-state index contributed by atoms with van der Waals surface area (Å²) in [5.74, 6) is -0.213. The predicted octanol–water partition coefficient (Wildman–Crippen LogP) is 8.08. The summed E-state index contributed by atoms with van der Waals surface area (Å²) in [6.45, 7) is 0. The van der Waals surface area contributed by atoms with E-state index in [-0.39, 0.29) is 5.82 Å². The van der Waals surface area contributed by atoms with Crippen molar-refractivity contribution in [3.63, 3.8) is 0 Å². The summed E-state index contributed by atoms with van der Waals surface area (Å²) < 4.78 is 14.9. The minimum atomic E-state index is -0.213. The Morgan fingerprint density at radius 1 is 0.474 bits per heavy atom. The molecule has 0 saturated carbocycles. The molecule has 6 aromatic carbocycles. The lowest BCUT2D eigenvalue weighted by Gasteiger charge is -2.28. The molecule has 0 saturated heterocycles. The fourth-order valence-electron chi connectivity index (χ4n) is 5.55. The van der Waals surface area contributed by atoms with Crippen molar-refractivity contribution in [2.24, 2.45) is 0 Å². The van der Waals surface area contributed by atoms with Crippen LogP contribution in [0.2, 0.25) is 0 Å². The molecule has 38 heavy (non-hydrogen) atoms. The number of aromatic nitrogens is 4. The van der Waals surface area contributed by atoms with Crippen molar-refractivity contribution in [3.8, 4) is 0 Å². The molecule has 2 aromatic heterocycles. The number of fused-ring (bicyclic) bond motifs is 2. The van der Waals surface area contributed by atoms with Crippen molar-refractivity contribution in [1.82, 2.24) is 19.9 Å². The molecule has 0 bridgehead atoms. The third-order valence-electron chi connectivity index (χ3n) is 7.25. The van der Waals surface area contributed by atoms with E-state index >= 15 is 0 Å². The quantitative estimate of drug-likeness (QED) is 0.234. The largest absolute Gasteiger partial charge is 0.310 e. The number of halogens is 1. The first-order chi connectivity index (χ1) is 18.7. The molecule has 0 radical (unpaired) electrons. The number of hydrogen-bond donors (Lipinski definition) is 0. The molecular formula is C32H18FN5. The van der Waals surface area contributed by atoms with Gasteiger partial charge in [0, 0.05) is 52.3 Å². The third-order valence-corrected chi connectivity index (χ3v) is 7.25. The van der Waals surface area contributed by atoms with E-state index in [1.807, 2.05) is 42.5 Å². The van der Waals surface area contributed by atoms with Gasteiger partial charge in [0.15, 0.2) is 0 Å². The molecular weight excluding hydrogens is 473 g/mol. The van der Waals surface area contributed by atoms with Crippen molar-refractivity contribution in [2.75, 3.05) is 4.90 Å². The molecule has 0 N–H and O–H groups in total. The van der Waals surface area contributed by atoms with Gasteiger partial charge in [-0.3, -0.25) is 19.9 Å². The molecule has 0 spiro atoms. The summed E-state index contributed by atoms with van der Waals surface area (Å²) in [7, 11) is 0. The van der Waals surface area contributed by atoms with E-state index < -0.39 is 0 Å². The Hall–Kier alpha value is -5.23. The first-order valence-electron chi connectivity index (χ1n) is 12.3. The molecule has 0 fully saturated rings. The molecule has 6 heteroatoms. The van der Waals surface area contributed by atoms with Gasteiger partial charge in [-0.05, 0) is 64.7 Å². The number of hydrogen-bond acceptors (Lipinski definition) is 5. The lowest BCUT2D eigenvalue weighted by atomic mass is 9.92. The summed E-state index contributed by atoms with van der Waals surface area (Å²) in [5, 5.41) is 5.74. The lowest BCUT2D eigenvalue weighted by molar-refractivity contribution is 0.640. The fraction of sp³-hybridized carbons (Fsp3) is 0. The second kappa shape index (κ2) is 7.88. The molecule has 2 heterocycles. The molecule has 178 valence electrons. The first kappa shape index (κ1) is 20.9. The van der Waals surface area contributed by atoms with E-state index in [1.54, 1.807) is 30.9 Å². The van der Waals surface area contributed by atoms with Crippen LogP contribution >= 0.6 is 0 Å². The van der Waals surface area contributed by atoms with Gasteiger partial charge in [0.05, 0.1) is 27.8 Å². The molecule has 0 aliphatic heterocycles. The monoisotopic (exact) mass is 491 g/mol. The molecule has 0 atom stereocenters. The Labute approximate surface area is 216 Å². The van der Waals surface area contributed by atoms with Crippen LogP contribution in [0.4, 0.5) is 21.5 Å². The summed E-state index contributed by atoms with van der Waals surface area (Å²) in [6.07, 6.45) is 6.79. The average Bonchev–Trinajstić information content (AvgIpc) is 2.97. The van der Waals surface area contributed by atoms with Crippen LogP contribution in [0.1, 0.15) is 0 Å². The van der Waals surface area contributed by atoms with Crippen molar-refractivity contribution in [1.29, 1.82) is 0 Å². The highest BCUT2D eigenvalue weighted by atomic mass is 19.1. The maximum Gasteiger partial charge on any atom is 0.131 e. The molecule has 0 unspecified atom stereocenters. The summed E-state index contributed by atoms with van der Waals surface area (Å²) in [5.41, 5.74) is 6.09. The van der Waals surface area contributed by atoms with Gasteiger partial charge in [0.2, 0.25) is 0 Å². The van der Waals surface area contributed by atoms with Crippen LogP contribution in [0.15, 0.2) is 110 Å². The highest BCUT2D eigenvalue weighted by molar-refractivity contribution is 6.26. The highest BCUT2D eigenvalue weighted by Gasteiger charge is 2.20. The molecule has 0 aliphatic carbocycles. The van der Waals surface area contributed by atoms with Crippen LogP contribution in [0.25, 0.3) is 54.4 Å². The zero-order valence-corrected chi connectivity index (χ0v) is 20.0. The van der Waals surface area contributed by atoms with Crippen LogP contribution < -0.4 is 4.90 Å². The second-order valence-corrected chi connectivity index (χ2v) is 9.35. The Bertz CT molecular complexity index is 2100. The summed E-state index contributed by atoms with van der Waals surface area (Å²) in [6, 6.07) is 27.9. The molecule has 5 nitrogen and oxygen atoms in total. The van der Waals surface area contributed by atoms with Gasteiger partial charge in [-0.25, -0.2) is 4.39 Å². The van der Waals surface area contributed by atoms with Crippen LogP contribution in [0, 0.1) is 5.82 Å². The SMILES string of the molecule is Fc1ccc2ccc3c(N(c4ccc5nccnc5c4)c4ccc5nccnc5c4)ccc4ccc1c2c43. The van der Waals surface area contributed by atoms with Crippen molar-refractivity contribution < 1.29 is 4.39 Å². The lowest BCUT2D eigenvalue weighted by Crippen LogP contribution is -2.11. The van der Waals surface area contributed by atoms with Crippen LogP contribution in [0.3, 0.4) is 0 Å². The van der Waals surface area contributed by atoms with E-state index in [9.17, 15) is 4.39 Å². The zero-order chi connectivity index (χ0) is 25.2. The van der Waals surface area contributed by atoms with Gasteiger partial charge < -0.3 is 4.90 Å². The van der Waals surface area contributed by atoms with Gasteiger partial charge in [0.1, 0.15) is 5.82 Å². The minimum absolute atomic E-state index is 0.213. The fourth-order valence-corrected chi connectivity index (χ4v) is 5.55. The van der Waals surface area contributed by atoms with E-state index in [1.165, 1.54) is 0 Å². The maximum absolute atomic E-state index is 14.9. The Kier molecular flexibility index (Phi) is 4.34. The van der Waals surface area contributed by atoms with Gasteiger partial charge in [-0.2, -0.15) is 0 Å². The zero-order valence-electron chi connectivity index (χ0n) is 20.0. The maximum atomic E-state index is 14.9. The number of rotatable bonds is 3. The van der Waals surface area contributed by atoms with Crippen molar-refractivity contribution >= 4 is 71.4 Å². The van der Waals surface area contributed by atoms with Crippen molar-refractivity contribution in [3.05, 3.63) is 116 Å². The predicted molar refractivity (Wildman–Crippen MR) is 151 cm³/mol. The first-order valence-corrected chi connectivity index (χ1v) is 12.3. The molecule has 8 rings (SSSR count). The number of nitrogens with zero attached hydrogens (tertiary/aromatic N) is 5. The second-order valence-electron chi connectivity index (χ2n) is 9.35. The minimum Gasteiger partial charge on any atom is -0.310 e. The summed E-state index contributed by atoms with van der Waals surface area (Å²) >= 11 is 0. The van der Waals surface area contributed by atoms with Gasteiger partial charge in [0.25, 0.3) is 0 Å². The Morgan fingerprint density at radius 3 is 1.61 bits per heavy atom. The molecule has 8 aromatic rings. The smallest absolute Gasteiger partial charge is 0.131 e. The van der Waals surface area contributed by atoms with Crippen LogP contribution in [0.5, 0.6) is 0 Å². The van der Waals surface area contributed by atoms with E-state index in [0.29, 0.717) is 5.39 Å². The van der Waals surface area contributed by atoms with Gasteiger partial charge in [-0.1, -0.05) is 36.4 Å². The van der Waals surface area contributed by atoms with E-state index in [2.05, 4.69) is 61.2 Å². The van der Waals surface area contributed by atoms with Crippen molar-refractivity contribution in [2.45, 2.75) is 0 Å². The van der Waals surface area contributed by atoms with Gasteiger partial charge >= 0.3 is 0 Å².